The van der Waals surface area contributed by atoms with Gasteiger partial charge in [-0.15, -0.1) is 0 Å². The second-order valence-corrected chi connectivity index (χ2v) is 5.13. The topological polar surface area (TPSA) is 73.1 Å². The Labute approximate surface area is 96.9 Å². The maximum atomic E-state index is 12.7. The molecule has 1 aromatic heterocycles. The molecular formula is C6H4F3IN2O2S. The SMILES string of the molecule is NS(=O)(=O)c1nc(F)cc(I)c1C(F)F. The fourth-order valence-corrected chi connectivity index (χ4v) is 2.54. The lowest BCUT2D eigenvalue weighted by molar-refractivity contribution is 0.145. The third kappa shape index (κ3) is 2.78. The fourth-order valence-electron chi connectivity index (χ4n) is 0.888. The number of aromatic nitrogens is 1. The van der Waals surface area contributed by atoms with E-state index in [1.165, 1.54) is 22.6 Å². The van der Waals surface area contributed by atoms with Gasteiger partial charge in [-0.2, -0.15) is 4.39 Å². The second-order valence-electron chi connectivity index (χ2n) is 2.49. The molecule has 0 fully saturated rings. The average molecular weight is 352 g/mol. The summed E-state index contributed by atoms with van der Waals surface area (Å²) in [6, 6.07) is 0.705. The number of primary sulfonamides is 1. The van der Waals surface area contributed by atoms with Crippen LogP contribution in [0.1, 0.15) is 12.0 Å². The van der Waals surface area contributed by atoms with Crippen molar-refractivity contribution in [1.82, 2.24) is 4.98 Å². The molecule has 1 heterocycles. The van der Waals surface area contributed by atoms with Crippen LogP contribution < -0.4 is 5.14 Å². The van der Waals surface area contributed by atoms with Crippen molar-refractivity contribution < 1.29 is 21.6 Å². The lowest BCUT2D eigenvalue weighted by Gasteiger charge is -2.07. The summed E-state index contributed by atoms with van der Waals surface area (Å²) in [5.41, 5.74) is -0.875. The number of sulfonamides is 1. The third-order valence-corrected chi connectivity index (χ3v) is 3.17. The van der Waals surface area contributed by atoms with Gasteiger partial charge in [0.2, 0.25) is 5.95 Å². The molecular weight excluding hydrogens is 348 g/mol. The van der Waals surface area contributed by atoms with Gasteiger partial charge in [-0.1, -0.05) is 0 Å². The van der Waals surface area contributed by atoms with Crippen molar-refractivity contribution in [3.05, 3.63) is 21.1 Å². The van der Waals surface area contributed by atoms with Gasteiger partial charge in [-0.25, -0.2) is 27.3 Å². The smallest absolute Gasteiger partial charge is 0.223 e. The molecule has 0 saturated heterocycles. The molecule has 0 bridgehead atoms. The van der Waals surface area contributed by atoms with Crippen molar-refractivity contribution in [2.24, 2.45) is 5.14 Å². The molecule has 0 spiro atoms. The van der Waals surface area contributed by atoms with Crippen LogP contribution in [0.2, 0.25) is 0 Å². The van der Waals surface area contributed by atoms with E-state index in [1.54, 1.807) is 0 Å². The summed E-state index contributed by atoms with van der Waals surface area (Å²) in [5.74, 6) is -1.17. The molecule has 0 aliphatic carbocycles. The number of hydrogen-bond donors (Lipinski definition) is 1. The first-order chi connectivity index (χ1) is 6.73. The molecule has 0 aliphatic rings. The molecule has 2 N–H and O–H groups in total. The molecule has 0 atom stereocenters. The van der Waals surface area contributed by atoms with Crippen LogP contribution in [-0.4, -0.2) is 13.4 Å². The Bertz CT molecular complexity index is 491. The minimum Gasteiger partial charge on any atom is -0.223 e. The summed E-state index contributed by atoms with van der Waals surface area (Å²) in [4.78, 5) is 2.86. The molecule has 0 unspecified atom stereocenters. The number of alkyl halides is 2. The van der Waals surface area contributed by atoms with E-state index in [9.17, 15) is 21.6 Å². The van der Waals surface area contributed by atoms with Crippen LogP contribution in [0, 0.1) is 9.52 Å². The van der Waals surface area contributed by atoms with Gasteiger partial charge in [0.15, 0.2) is 5.03 Å². The van der Waals surface area contributed by atoms with Gasteiger partial charge in [0.25, 0.3) is 16.4 Å². The largest absolute Gasteiger partial charge is 0.267 e. The summed E-state index contributed by atoms with van der Waals surface area (Å²) in [7, 11) is -4.46. The normalized spacial score (nSPS) is 12.1. The highest BCUT2D eigenvalue weighted by atomic mass is 127. The van der Waals surface area contributed by atoms with Crippen LogP contribution in [0.5, 0.6) is 0 Å². The predicted octanol–water partition coefficient (Wildman–Crippen LogP) is 1.41. The summed E-state index contributed by atoms with van der Waals surface area (Å²) in [6.07, 6.45) is -3.08. The van der Waals surface area contributed by atoms with Crippen molar-refractivity contribution in [2.45, 2.75) is 11.5 Å². The van der Waals surface area contributed by atoms with Gasteiger partial charge < -0.3 is 0 Å². The number of nitrogens with two attached hydrogens (primary N) is 1. The highest BCUT2D eigenvalue weighted by molar-refractivity contribution is 14.1. The van der Waals surface area contributed by atoms with Crippen LogP contribution in [0.4, 0.5) is 13.2 Å². The maximum absolute atomic E-state index is 12.7. The van der Waals surface area contributed by atoms with E-state index >= 15 is 0 Å². The summed E-state index contributed by atoms with van der Waals surface area (Å²) < 4.78 is 59.2. The van der Waals surface area contributed by atoms with Crippen molar-refractivity contribution in [1.29, 1.82) is 0 Å². The maximum Gasteiger partial charge on any atom is 0.267 e. The van der Waals surface area contributed by atoms with Crippen molar-refractivity contribution >= 4 is 32.6 Å². The van der Waals surface area contributed by atoms with Crippen LogP contribution in [0.3, 0.4) is 0 Å². The molecule has 0 aliphatic heterocycles. The van der Waals surface area contributed by atoms with Gasteiger partial charge >= 0.3 is 0 Å². The molecule has 9 heteroatoms. The molecule has 15 heavy (non-hydrogen) atoms. The second kappa shape index (κ2) is 4.22. The Balaban J connectivity index is 3.62. The minimum atomic E-state index is -4.46. The van der Waals surface area contributed by atoms with E-state index in [4.69, 9.17) is 0 Å². The van der Waals surface area contributed by atoms with E-state index in [-0.39, 0.29) is 3.57 Å². The van der Waals surface area contributed by atoms with Crippen LogP contribution in [0.15, 0.2) is 11.1 Å². The van der Waals surface area contributed by atoms with Gasteiger partial charge in [-0.3, -0.25) is 0 Å². The molecule has 0 radical (unpaired) electrons. The van der Waals surface area contributed by atoms with E-state index in [0.717, 1.165) is 0 Å². The van der Waals surface area contributed by atoms with Crippen molar-refractivity contribution in [3.8, 4) is 0 Å². The van der Waals surface area contributed by atoms with Crippen LogP contribution in [0.25, 0.3) is 0 Å². The molecule has 0 amide bonds. The zero-order chi connectivity index (χ0) is 11.8. The molecule has 1 aromatic rings. The first kappa shape index (κ1) is 12.6. The van der Waals surface area contributed by atoms with Crippen LogP contribution in [-0.2, 0) is 10.0 Å². The molecule has 0 aromatic carbocycles. The zero-order valence-corrected chi connectivity index (χ0v) is 9.89. The number of hydrogen-bond acceptors (Lipinski definition) is 3. The molecule has 84 valence electrons. The van der Waals surface area contributed by atoms with E-state index in [0.29, 0.717) is 6.07 Å². The van der Waals surface area contributed by atoms with Gasteiger partial charge in [-0.05, 0) is 22.6 Å². The lowest BCUT2D eigenvalue weighted by atomic mass is 10.3. The number of halogens is 4. The number of pyridine rings is 1. The Kier molecular flexibility index (Phi) is 3.55. The summed E-state index contributed by atoms with van der Waals surface area (Å²) in [5, 5.41) is 3.52. The van der Waals surface area contributed by atoms with Gasteiger partial charge in [0, 0.05) is 9.64 Å². The molecule has 4 nitrogen and oxygen atoms in total. The third-order valence-electron chi connectivity index (χ3n) is 1.43. The highest BCUT2D eigenvalue weighted by Gasteiger charge is 2.26. The van der Waals surface area contributed by atoms with E-state index in [1.807, 2.05) is 0 Å². The Hall–Kier alpha value is -0.420. The summed E-state index contributed by atoms with van der Waals surface area (Å²) >= 11 is 1.39. The molecule has 1 rings (SSSR count). The zero-order valence-electron chi connectivity index (χ0n) is 6.92. The standard InChI is InChI=1S/C6H4F3IN2O2S/c7-3-1-2(10)4(5(8)9)6(12-3)15(11,13)14/h1,5H,(H2,11,13,14). The fraction of sp³-hybridized carbons (Fsp3) is 0.167. The Morgan fingerprint density at radius 3 is 2.40 bits per heavy atom. The van der Waals surface area contributed by atoms with Gasteiger partial charge in [0.1, 0.15) is 0 Å². The predicted molar refractivity (Wildman–Crippen MR) is 53.2 cm³/mol. The van der Waals surface area contributed by atoms with Gasteiger partial charge in [0.05, 0.1) is 5.56 Å². The van der Waals surface area contributed by atoms with Crippen molar-refractivity contribution in [2.75, 3.05) is 0 Å². The highest BCUT2D eigenvalue weighted by Crippen LogP contribution is 2.29. The van der Waals surface area contributed by atoms with E-state index < -0.39 is 33.0 Å². The minimum absolute atomic E-state index is 0.237. The molecule has 0 saturated carbocycles. The summed E-state index contributed by atoms with van der Waals surface area (Å²) in [6.45, 7) is 0. The van der Waals surface area contributed by atoms with Crippen LogP contribution >= 0.6 is 22.6 Å². The van der Waals surface area contributed by atoms with E-state index in [2.05, 4.69) is 10.1 Å². The average Bonchev–Trinajstić information content (AvgIpc) is 1.99. The lowest BCUT2D eigenvalue weighted by Crippen LogP contribution is -2.18. The Morgan fingerprint density at radius 2 is 2.00 bits per heavy atom. The quantitative estimate of drug-likeness (QED) is 0.646. The number of nitrogens with zero attached hydrogens (tertiary/aromatic N) is 1. The number of rotatable bonds is 2. The first-order valence-corrected chi connectivity index (χ1v) is 6.03. The Morgan fingerprint density at radius 1 is 1.47 bits per heavy atom. The monoisotopic (exact) mass is 352 g/mol. The van der Waals surface area contributed by atoms with Crippen molar-refractivity contribution in [3.63, 3.8) is 0 Å². The first-order valence-electron chi connectivity index (χ1n) is 3.40.